The van der Waals surface area contributed by atoms with Crippen LogP contribution >= 0.6 is 15.9 Å². The van der Waals surface area contributed by atoms with Crippen molar-refractivity contribution in [1.82, 2.24) is 4.90 Å². The summed E-state index contributed by atoms with van der Waals surface area (Å²) in [5, 5.41) is 0. The van der Waals surface area contributed by atoms with Crippen LogP contribution < -0.4 is 0 Å². The third-order valence-corrected chi connectivity index (χ3v) is 4.19. The second kappa shape index (κ2) is 6.53. The number of imide groups is 1. The Morgan fingerprint density at radius 3 is 2.45 bits per heavy atom. The molecule has 1 fully saturated rings. The van der Waals surface area contributed by atoms with Crippen molar-refractivity contribution in [3.63, 3.8) is 0 Å². The topological polar surface area (TPSA) is 37.4 Å². The number of likely N-dealkylation sites (tertiary alicyclic amines) is 1. The van der Waals surface area contributed by atoms with Crippen LogP contribution in [-0.4, -0.2) is 23.3 Å². The highest BCUT2D eigenvalue weighted by atomic mass is 79.9. The molecule has 0 aliphatic carbocycles. The van der Waals surface area contributed by atoms with Crippen LogP contribution in [0.15, 0.2) is 28.7 Å². The molecule has 3 nitrogen and oxygen atoms in total. The van der Waals surface area contributed by atoms with Gasteiger partial charge in [-0.2, -0.15) is 0 Å². The van der Waals surface area contributed by atoms with E-state index in [1.165, 1.54) is 4.90 Å². The molecule has 0 radical (unpaired) electrons. The maximum atomic E-state index is 12.2. The minimum atomic E-state index is -0.0353. The minimum Gasteiger partial charge on any atom is -0.283 e. The molecule has 1 saturated heterocycles. The highest BCUT2D eigenvalue weighted by molar-refractivity contribution is 9.10. The van der Waals surface area contributed by atoms with E-state index < -0.39 is 0 Å². The van der Waals surface area contributed by atoms with Gasteiger partial charge in [-0.05, 0) is 30.0 Å². The first-order valence-corrected chi connectivity index (χ1v) is 7.85. The first-order chi connectivity index (χ1) is 9.47. The van der Waals surface area contributed by atoms with Gasteiger partial charge in [0.15, 0.2) is 0 Å². The quantitative estimate of drug-likeness (QED) is 0.785. The number of hydrogen-bond donors (Lipinski definition) is 0. The molecule has 20 heavy (non-hydrogen) atoms. The summed E-state index contributed by atoms with van der Waals surface area (Å²) in [5.41, 5.74) is 1.06. The molecular weight excluding hydrogens is 318 g/mol. The fourth-order valence-corrected chi connectivity index (χ4v) is 2.90. The Labute approximate surface area is 128 Å². The van der Waals surface area contributed by atoms with Gasteiger partial charge in [0.2, 0.25) is 11.8 Å². The number of benzene rings is 1. The SMILES string of the molecule is CC(C)CCN1C(=O)CC(c2cccc(Br)c2)CC1=O. The first-order valence-electron chi connectivity index (χ1n) is 7.06. The summed E-state index contributed by atoms with van der Waals surface area (Å²) in [6.45, 7) is 4.76. The molecule has 1 aromatic rings. The minimum absolute atomic E-state index is 0.0165. The molecule has 1 aliphatic heterocycles. The monoisotopic (exact) mass is 337 g/mol. The second-order valence-corrected chi connectivity index (χ2v) is 6.70. The van der Waals surface area contributed by atoms with Crippen molar-refractivity contribution in [3.8, 4) is 0 Å². The Hall–Kier alpha value is -1.16. The summed E-state index contributed by atoms with van der Waals surface area (Å²) in [7, 11) is 0. The van der Waals surface area contributed by atoms with E-state index in [0.717, 1.165) is 16.5 Å². The van der Waals surface area contributed by atoms with Crippen molar-refractivity contribution in [2.75, 3.05) is 6.54 Å². The van der Waals surface area contributed by atoms with Gasteiger partial charge in [0, 0.05) is 29.8 Å². The average Bonchev–Trinajstić information content (AvgIpc) is 2.37. The largest absolute Gasteiger partial charge is 0.283 e. The van der Waals surface area contributed by atoms with Gasteiger partial charge in [-0.15, -0.1) is 0 Å². The van der Waals surface area contributed by atoms with E-state index in [9.17, 15) is 9.59 Å². The normalized spacial score (nSPS) is 17.1. The standard InChI is InChI=1S/C16H20BrNO2/c1-11(2)6-7-18-15(19)9-13(10-16(18)20)12-4-3-5-14(17)8-12/h3-5,8,11,13H,6-7,9-10H2,1-2H3. The molecule has 4 heteroatoms. The fraction of sp³-hybridized carbons (Fsp3) is 0.500. The van der Waals surface area contributed by atoms with Gasteiger partial charge < -0.3 is 0 Å². The number of carbonyl (C=O) groups excluding carboxylic acids is 2. The van der Waals surface area contributed by atoms with Gasteiger partial charge in [-0.3, -0.25) is 14.5 Å². The number of rotatable bonds is 4. The van der Waals surface area contributed by atoms with Crippen LogP contribution in [0.1, 0.15) is 44.6 Å². The molecule has 108 valence electrons. The summed E-state index contributed by atoms with van der Waals surface area (Å²) < 4.78 is 0.983. The van der Waals surface area contributed by atoms with Gasteiger partial charge in [-0.1, -0.05) is 41.9 Å². The van der Waals surface area contributed by atoms with E-state index in [2.05, 4.69) is 29.8 Å². The zero-order valence-corrected chi connectivity index (χ0v) is 13.5. The van der Waals surface area contributed by atoms with Crippen molar-refractivity contribution in [3.05, 3.63) is 34.3 Å². The van der Waals surface area contributed by atoms with Crippen LogP contribution in [0.5, 0.6) is 0 Å². The molecule has 0 bridgehead atoms. The lowest BCUT2D eigenvalue weighted by Gasteiger charge is -2.30. The van der Waals surface area contributed by atoms with Crippen molar-refractivity contribution < 1.29 is 9.59 Å². The number of nitrogens with zero attached hydrogens (tertiary/aromatic N) is 1. The van der Waals surface area contributed by atoms with Crippen LogP contribution in [-0.2, 0) is 9.59 Å². The second-order valence-electron chi connectivity index (χ2n) is 5.78. The molecule has 2 rings (SSSR count). The predicted molar refractivity (Wildman–Crippen MR) is 82.3 cm³/mol. The van der Waals surface area contributed by atoms with E-state index in [-0.39, 0.29) is 17.7 Å². The van der Waals surface area contributed by atoms with Crippen LogP contribution in [0.2, 0.25) is 0 Å². The summed E-state index contributed by atoms with van der Waals surface area (Å²) in [6.07, 6.45) is 1.74. The molecule has 0 N–H and O–H groups in total. The molecule has 0 spiro atoms. The van der Waals surface area contributed by atoms with Crippen molar-refractivity contribution in [2.45, 2.75) is 39.0 Å². The molecule has 0 atom stereocenters. The van der Waals surface area contributed by atoms with Crippen molar-refractivity contribution >= 4 is 27.7 Å². The number of piperidine rings is 1. The van der Waals surface area contributed by atoms with Crippen molar-refractivity contribution in [1.29, 1.82) is 0 Å². The molecular formula is C16H20BrNO2. The molecule has 2 amide bonds. The summed E-state index contributed by atoms with van der Waals surface area (Å²) in [5.74, 6) is 0.444. The third-order valence-electron chi connectivity index (χ3n) is 3.69. The molecule has 0 saturated carbocycles. The predicted octanol–water partition coefficient (Wildman–Crippen LogP) is 3.73. The Morgan fingerprint density at radius 1 is 1.25 bits per heavy atom. The maximum absolute atomic E-state index is 12.2. The lowest BCUT2D eigenvalue weighted by Crippen LogP contribution is -2.43. The van der Waals surface area contributed by atoms with E-state index in [1.807, 2.05) is 24.3 Å². The van der Waals surface area contributed by atoms with Crippen LogP contribution in [0.25, 0.3) is 0 Å². The Morgan fingerprint density at radius 2 is 1.90 bits per heavy atom. The van der Waals surface area contributed by atoms with E-state index in [0.29, 0.717) is 25.3 Å². The van der Waals surface area contributed by atoms with E-state index in [1.54, 1.807) is 0 Å². The van der Waals surface area contributed by atoms with Gasteiger partial charge in [0.1, 0.15) is 0 Å². The number of carbonyl (C=O) groups is 2. The summed E-state index contributed by atoms with van der Waals surface area (Å²) >= 11 is 3.43. The molecule has 0 unspecified atom stereocenters. The van der Waals surface area contributed by atoms with Crippen molar-refractivity contribution in [2.24, 2.45) is 5.92 Å². The van der Waals surface area contributed by atoms with Crippen LogP contribution in [0, 0.1) is 5.92 Å². The smallest absolute Gasteiger partial charge is 0.229 e. The lowest BCUT2D eigenvalue weighted by atomic mass is 9.88. The van der Waals surface area contributed by atoms with E-state index in [4.69, 9.17) is 0 Å². The first kappa shape index (κ1) is 15.2. The van der Waals surface area contributed by atoms with Gasteiger partial charge >= 0.3 is 0 Å². The van der Waals surface area contributed by atoms with Gasteiger partial charge in [0.25, 0.3) is 0 Å². The van der Waals surface area contributed by atoms with E-state index >= 15 is 0 Å². The average molecular weight is 338 g/mol. The van der Waals surface area contributed by atoms with Crippen LogP contribution in [0.3, 0.4) is 0 Å². The van der Waals surface area contributed by atoms with Gasteiger partial charge in [-0.25, -0.2) is 0 Å². The Kier molecular flexibility index (Phi) is 4.97. The zero-order valence-electron chi connectivity index (χ0n) is 11.9. The number of hydrogen-bond acceptors (Lipinski definition) is 2. The molecule has 1 aliphatic rings. The number of halogens is 1. The lowest BCUT2D eigenvalue weighted by molar-refractivity contribution is -0.148. The molecule has 0 aromatic heterocycles. The summed E-state index contributed by atoms with van der Waals surface area (Å²) in [4.78, 5) is 25.8. The molecule has 1 heterocycles. The zero-order chi connectivity index (χ0) is 14.7. The highest BCUT2D eigenvalue weighted by Crippen LogP contribution is 2.31. The Bertz CT molecular complexity index is 495. The van der Waals surface area contributed by atoms with Crippen LogP contribution in [0.4, 0.5) is 0 Å². The fourth-order valence-electron chi connectivity index (χ4n) is 2.49. The number of amides is 2. The molecule has 1 aromatic carbocycles. The Balaban J connectivity index is 2.06. The third kappa shape index (κ3) is 3.69. The highest BCUT2D eigenvalue weighted by Gasteiger charge is 2.32. The maximum Gasteiger partial charge on any atom is 0.229 e. The summed E-state index contributed by atoms with van der Waals surface area (Å²) in [6, 6.07) is 7.87. The van der Waals surface area contributed by atoms with Gasteiger partial charge in [0.05, 0.1) is 0 Å².